The topological polar surface area (TPSA) is 74.6 Å². The number of amides is 1. The van der Waals surface area contributed by atoms with E-state index in [1.165, 1.54) is 0 Å². The molecule has 0 aliphatic rings. The van der Waals surface area contributed by atoms with Crippen LogP contribution in [0, 0.1) is 0 Å². The summed E-state index contributed by atoms with van der Waals surface area (Å²) in [7, 11) is 1.00. The lowest BCUT2D eigenvalue weighted by Gasteiger charge is -2.02. The fourth-order valence-corrected chi connectivity index (χ4v) is 1.42. The number of aliphatic hydroxyl groups excluding tert-OH is 1. The molecule has 1 heterocycles. The van der Waals surface area contributed by atoms with Gasteiger partial charge in [-0.3, -0.25) is 9.78 Å². The first-order chi connectivity index (χ1) is 9.77. The van der Waals surface area contributed by atoms with E-state index in [0.29, 0.717) is 11.3 Å². The predicted molar refractivity (Wildman–Crippen MR) is 78.5 cm³/mol. The summed E-state index contributed by atoms with van der Waals surface area (Å²) in [5.41, 5.74) is 4.49. The number of rotatable bonds is 3. The quantitative estimate of drug-likeness (QED) is 0.555. The van der Waals surface area contributed by atoms with Gasteiger partial charge in [-0.2, -0.15) is 5.10 Å². The average molecular weight is 307 g/mol. The standard InChI is InChI=1S/C14H13N3O.CH4O.ClH/c1-11(13-9-5-6-10-15-13)16-17-14(18)12-7-3-2-4-8-12;1-2;/h2-10H,1H3,(H,17,18);2H,1H3;1H/p-1/b16-11+;;. The fraction of sp³-hybridized carbons (Fsp3) is 0.133. The van der Waals surface area contributed by atoms with Crippen LogP contribution in [-0.2, 0) is 0 Å². The molecule has 0 aliphatic heterocycles. The third-order valence-corrected chi connectivity index (χ3v) is 2.40. The highest BCUT2D eigenvalue weighted by Crippen LogP contribution is 1.99. The Hall–Kier alpha value is -2.24. The van der Waals surface area contributed by atoms with E-state index in [9.17, 15) is 4.79 Å². The molecule has 2 rings (SSSR count). The highest BCUT2D eigenvalue weighted by Gasteiger charge is 2.03. The molecule has 1 amide bonds. The van der Waals surface area contributed by atoms with Crippen LogP contribution < -0.4 is 17.8 Å². The van der Waals surface area contributed by atoms with Crippen LogP contribution in [0.25, 0.3) is 0 Å². The largest absolute Gasteiger partial charge is 1.00 e. The normalized spacial score (nSPS) is 9.76. The molecular formula is C15H17ClN3O2-. The van der Waals surface area contributed by atoms with Crippen LogP contribution in [-0.4, -0.2) is 28.8 Å². The number of hydrogen-bond donors (Lipinski definition) is 2. The van der Waals surface area contributed by atoms with Gasteiger partial charge in [0.05, 0.1) is 11.4 Å². The summed E-state index contributed by atoms with van der Waals surface area (Å²) in [6.45, 7) is 1.80. The van der Waals surface area contributed by atoms with Crippen molar-refractivity contribution in [2.24, 2.45) is 5.10 Å². The van der Waals surface area contributed by atoms with Crippen LogP contribution in [0.4, 0.5) is 0 Å². The van der Waals surface area contributed by atoms with Crippen molar-refractivity contribution < 1.29 is 22.3 Å². The van der Waals surface area contributed by atoms with E-state index < -0.39 is 0 Å². The molecule has 0 atom stereocenters. The zero-order chi connectivity index (χ0) is 14.8. The second kappa shape index (κ2) is 10.5. The van der Waals surface area contributed by atoms with E-state index in [1.807, 2.05) is 36.4 Å². The maximum Gasteiger partial charge on any atom is 0.271 e. The van der Waals surface area contributed by atoms with E-state index in [4.69, 9.17) is 5.11 Å². The Labute approximate surface area is 130 Å². The van der Waals surface area contributed by atoms with Gasteiger partial charge in [0.15, 0.2) is 0 Å². The number of benzene rings is 1. The van der Waals surface area contributed by atoms with Crippen molar-refractivity contribution in [3.05, 3.63) is 66.0 Å². The van der Waals surface area contributed by atoms with Crippen LogP contribution in [0.3, 0.4) is 0 Å². The molecule has 0 aliphatic carbocycles. The zero-order valence-electron chi connectivity index (χ0n) is 11.8. The van der Waals surface area contributed by atoms with E-state index in [1.54, 1.807) is 25.3 Å². The van der Waals surface area contributed by atoms with Gasteiger partial charge in [-0.25, -0.2) is 5.43 Å². The summed E-state index contributed by atoms with van der Waals surface area (Å²) in [5.74, 6) is -0.231. The van der Waals surface area contributed by atoms with Gasteiger partial charge in [0.1, 0.15) is 0 Å². The third kappa shape index (κ3) is 6.16. The fourth-order valence-electron chi connectivity index (χ4n) is 1.42. The second-order valence-electron chi connectivity index (χ2n) is 3.72. The minimum Gasteiger partial charge on any atom is -1.00 e. The number of aromatic nitrogens is 1. The molecule has 1 aromatic carbocycles. The van der Waals surface area contributed by atoms with Crippen LogP contribution >= 0.6 is 0 Å². The Morgan fingerprint density at radius 1 is 1.10 bits per heavy atom. The first kappa shape index (κ1) is 18.8. The Kier molecular flexibility index (Phi) is 9.41. The molecule has 0 saturated carbocycles. The second-order valence-corrected chi connectivity index (χ2v) is 3.72. The molecule has 0 bridgehead atoms. The molecule has 0 saturated heterocycles. The van der Waals surface area contributed by atoms with Crippen molar-refractivity contribution in [2.75, 3.05) is 7.11 Å². The first-order valence-corrected chi connectivity index (χ1v) is 6.03. The molecule has 112 valence electrons. The number of nitrogens with zero attached hydrogens (tertiary/aromatic N) is 2. The summed E-state index contributed by atoms with van der Waals surface area (Å²) >= 11 is 0. The Morgan fingerprint density at radius 2 is 1.71 bits per heavy atom. The Bertz CT molecular complexity index is 560. The van der Waals surface area contributed by atoms with Crippen molar-refractivity contribution >= 4 is 11.6 Å². The van der Waals surface area contributed by atoms with Gasteiger partial charge in [-0.1, -0.05) is 24.3 Å². The van der Waals surface area contributed by atoms with Crippen LogP contribution in [0.2, 0.25) is 0 Å². The molecule has 6 heteroatoms. The number of nitrogens with one attached hydrogen (secondary N) is 1. The lowest BCUT2D eigenvalue weighted by molar-refractivity contribution is -0.0000132. The van der Waals surface area contributed by atoms with Gasteiger partial charge in [0.25, 0.3) is 5.91 Å². The van der Waals surface area contributed by atoms with E-state index in [2.05, 4.69) is 15.5 Å². The summed E-state index contributed by atoms with van der Waals surface area (Å²) in [4.78, 5) is 15.9. The molecule has 0 radical (unpaired) electrons. The van der Waals surface area contributed by atoms with Gasteiger partial charge in [-0.05, 0) is 31.2 Å². The van der Waals surface area contributed by atoms with Crippen LogP contribution in [0.1, 0.15) is 23.0 Å². The number of halogens is 1. The molecule has 2 aromatic rings. The van der Waals surface area contributed by atoms with Crippen molar-refractivity contribution in [1.82, 2.24) is 10.4 Å². The maximum atomic E-state index is 11.7. The average Bonchev–Trinajstić information content (AvgIpc) is 2.55. The van der Waals surface area contributed by atoms with Crippen molar-refractivity contribution in [2.45, 2.75) is 6.92 Å². The number of hydrogen-bond acceptors (Lipinski definition) is 4. The minimum atomic E-state index is -0.231. The smallest absolute Gasteiger partial charge is 0.271 e. The van der Waals surface area contributed by atoms with E-state index >= 15 is 0 Å². The summed E-state index contributed by atoms with van der Waals surface area (Å²) in [6, 6.07) is 14.5. The Balaban J connectivity index is 0.00000128. The number of carbonyl (C=O) groups is 1. The van der Waals surface area contributed by atoms with Gasteiger partial charge >= 0.3 is 0 Å². The van der Waals surface area contributed by atoms with Crippen molar-refractivity contribution in [3.63, 3.8) is 0 Å². The molecule has 1 aromatic heterocycles. The first-order valence-electron chi connectivity index (χ1n) is 6.03. The van der Waals surface area contributed by atoms with E-state index in [-0.39, 0.29) is 18.3 Å². The summed E-state index contributed by atoms with van der Waals surface area (Å²) in [6.07, 6.45) is 1.69. The van der Waals surface area contributed by atoms with Crippen LogP contribution in [0.15, 0.2) is 59.8 Å². The molecular weight excluding hydrogens is 290 g/mol. The molecule has 0 fully saturated rings. The van der Waals surface area contributed by atoms with Gasteiger partial charge < -0.3 is 17.5 Å². The van der Waals surface area contributed by atoms with Crippen molar-refractivity contribution in [3.8, 4) is 0 Å². The highest BCUT2D eigenvalue weighted by molar-refractivity contribution is 5.99. The number of carbonyl (C=O) groups excluding carboxylic acids is 1. The third-order valence-electron chi connectivity index (χ3n) is 2.40. The predicted octanol–water partition coefficient (Wildman–Crippen LogP) is -1.15. The lowest BCUT2D eigenvalue weighted by atomic mass is 10.2. The molecule has 0 spiro atoms. The summed E-state index contributed by atoms with van der Waals surface area (Å²) < 4.78 is 0. The number of aliphatic hydroxyl groups is 1. The molecule has 2 N–H and O–H groups in total. The maximum absolute atomic E-state index is 11.7. The zero-order valence-corrected chi connectivity index (χ0v) is 12.6. The SMILES string of the molecule is C/C(=N\NC(=O)c1ccccc1)c1ccccn1.CO.[Cl-]. The minimum absolute atomic E-state index is 0. The molecule has 21 heavy (non-hydrogen) atoms. The van der Waals surface area contributed by atoms with Gasteiger partial charge in [-0.15, -0.1) is 0 Å². The van der Waals surface area contributed by atoms with E-state index in [0.717, 1.165) is 12.8 Å². The summed E-state index contributed by atoms with van der Waals surface area (Å²) in [5, 5.41) is 11.0. The Morgan fingerprint density at radius 3 is 2.29 bits per heavy atom. The highest BCUT2D eigenvalue weighted by atomic mass is 35.5. The monoisotopic (exact) mass is 306 g/mol. The molecule has 5 nitrogen and oxygen atoms in total. The molecule has 0 unspecified atom stereocenters. The number of hydrazone groups is 1. The van der Waals surface area contributed by atoms with Gasteiger partial charge in [0, 0.05) is 18.9 Å². The van der Waals surface area contributed by atoms with Crippen molar-refractivity contribution in [1.29, 1.82) is 0 Å². The lowest BCUT2D eigenvalue weighted by Crippen LogP contribution is -3.00. The van der Waals surface area contributed by atoms with Crippen LogP contribution in [0.5, 0.6) is 0 Å². The number of pyridine rings is 1. The van der Waals surface area contributed by atoms with Gasteiger partial charge in [0.2, 0.25) is 0 Å².